The monoisotopic (exact) mass is 984 g/mol. The van der Waals surface area contributed by atoms with E-state index in [0.717, 1.165) is 62.1 Å². The zero-order chi connectivity index (χ0) is 41.4. The number of aromatic nitrogens is 3. The summed E-state index contributed by atoms with van der Waals surface area (Å²) in [6.45, 7) is 13.9. The van der Waals surface area contributed by atoms with Crippen LogP contribution in [0.5, 0.6) is 0 Å². The minimum Gasteiger partial charge on any atom is -0.455 e. The van der Waals surface area contributed by atoms with Crippen molar-refractivity contribution in [1.82, 2.24) is 15.0 Å². The van der Waals surface area contributed by atoms with Gasteiger partial charge in [0.15, 0.2) is 0 Å². The Hall–Kier alpha value is -5.85. The molecule has 0 aliphatic carbocycles. The molecule has 0 saturated heterocycles. The number of hydrogen-bond acceptors (Lipinski definition) is 4. The van der Waals surface area contributed by atoms with Gasteiger partial charge >= 0.3 is 0 Å². The van der Waals surface area contributed by atoms with Gasteiger partial charge in [0.1, 0.15) is 17.0 Å². The Morgan fingerprint density at radius 1 is 0.567 bits per heavy atom. The smallest absolute Gasteiger partial charge is 0.144 e. The summed E-state index contributed by atoms with van der Waals surface area (Å²) in [6.07, 6.45) is 6.83. The maximum Gasteiger partial charge on any atom is 0.144 e. The zero-order valence-corrected chi connectivity index (χ0v) is 38.4. The fourth-order valence-corrected chi connectivity index (χ4v) is 8.83. The van der Waals surface area contributed by atoms with Crippen LogP contribution in [0.25, 0.3) is 66.8 Å². The summed E-state index contributed by atoms with van der Waals surface area (Å²) in [7, 11) is -1.33. The molecule has 0 amide bonds. The molecule has 0 aliphatic heterocycles. The molecular formula is C53H50FIrN3OSi. The van der Waals surface area contributed by atoms with E-state index in [2.05, 4.69) is 123 Å². The largest absolute Gasteiger partial charge is 0.455 e. The van der Waals surface area contributed by atoms with Gasteiger partial charge in [-0.25, -0.2) is 4.39 Å². The van der Waals surface area contributed by atoms with Gasteiger partial charge in [-0.3, -0.25) is 15.0 Å². The summed E-state index contributed by atoms with van der Waals surface area (Å²) in [4.78, 5) is 13.5. The van der Waals surface area contributed by atoms with E-state index in [4.69, 9.17) is 9.40 Å². The minimum absolute atomic E-state index is 0. The van der Waals surface area contributed by atoms with Crippen molar-refractivity contribution in [2.24, 2.45) is 0 Å². The van der Waals surface area contributed by atoms with Crippen molar-refractivity contribution in [1.29, 1.82) is 0 Å². The van der Waals surface area contributed by atoms with Crippen LogP contribution in [0, 0.1) is 5.82 Å². The van der Waals surface area contributed by atoms with Crippen LogP contribution in [0.15, 0.2) is 181 Å². The Bertz CT molecular complexity index is 2770. The first kappa shape index (κ1) is 43.7. The predicted molar refractivity (Wildman–Crippen MR) is 248 cm³/mol. The van der Waals surface area contributed by atoms with Crippen molar-refractivity contribution >= 4 is 35.2 Å². The van der Waals surface area contributed by atoms with Crippen LogP contribution < -0.4 is 5.19 Å². The molecule has 0 spiro atoms. The van der Waals surface area contributed by atoms with Crippen molar-refractivity contribution in [3.63, 3.8) is 0 Å². The number of benzene rings is 5. The van der Waals surface area contributed by atoms with Gasteiger partial charge in [-0.15, -0.1) is 0 Å². The van der Waals surface area contributed by atoms with Gasteiger partial charge in [0.25, 0.3) is 0 Å². The number of pyridine rings is 3. The molecule has 7 heteroatoms. The molecule has 9 aromatic rings. The third kappa shape index (κ3) is 10.5. The first-order valence-electron chi connectivity index (χ1n) is 20.3. The molecule has 0 aliphatic rings. The normalized spacial score (nSPS) is 11.0. The Balaban J connectivity index is 0.000000158. The van der Waals surface area contributed by atoms with Crippen LogP contribution in [-0.2, 0) is 26.5 Å². The van der Waals surface area contributed by atoms with Gasteiger partial charge in [0.2, 0.25) is 0 Å². The summed E-state index contributed by atoms with van der Waals surface area (Å²) in [5.74, 6) is 0.311. The third-order valence-corrected chi connectivity index (χ3v) is 12.4. The van der Waals surface area contributed by atoms with Crippen LogP contribution >= 0.6 is 0 Å². The summed E-state index contributed by atoms with van der Waals surface area (Å²) in [5, 5.41) is 3.61. The Labute approximate surface area is 368 Å². The maximum absolute atomic E-state index is 13.2. The molecule has 60 heavy (non-hydrogen) atoms. The molecule has 0 unspecified atom stereocenters. The van der Waals surface area contributed by atoms with E-state index in [1.54, 1.807) is 18.3 Å². The van der Waals surface area contributed by atoms with Crippen molar-refractivity contribution in [3.05, 3.63) is 193 Å². The Morgan fingerprint density at radius 3 is 1.82 bits per heavy atom. The topological polar surface area (TPSA) is 51.8 Å². The zero-order valence-electron chi connectivity index (χ0n) is 35.0. The number of fused-ring (bicyclic) bond motifs is 3. The number of para-hydroxylation sites is 1. The van der Waals surface area contributed by atoms with Gasteiger partial charge in [-0.05, 0) is 100 Å². The standard InChI is InChI=1S/C23H14FNO.C17H23NSi.C13H13N.Ir/c24-17-10-7-15(8-11-17)16-9-12-18-19-4-3-5-20(21-6-1-2-13-25-21)23(19)26-22(18)14-16;1-13(2)15-11-16(14-9-7-6-8-10-14)18-12-17(15)19(3,4)5;1-2-11-8-9-14-13(10-11)12-6-4-3-5-7-12;/h1-14H;6-13H,1-5H3;3-10H,2H2,1H3;. The second-order valence-corrected chi connectivity index (χ2v) is 21.0. The number of halogens is 1. The molecule has 0 bridgehead atoms. The molecular weight excluding hydrogens is 934 g/mol. The average Bonchev–Trinajstić information content (AvgIpc) is 3.66. The van der Waals surface area contributed by atoms with E-state index in [1.807, 2.05) is 72.9 Å². The van der Waals surface area contributed by atoms with Crippen LogP contribution in [0.1, 0.15) is 37.8 Å². The molecule has 5 aromatic carbocycles. The third-order valence-electron chi connectivity index (χ3n) is 10.4. The van der Waals surface area contributed by atoms with Gasteiger partial charge in [0, 0.05) is 66.2 Å². The average molecular weight is 984 g/mol. The molecule has 4 heterocycles. The van der Waals surface area contributed by atoms with Crippen LogP contribution in [-0.4, -0.2) is 23.0 Å². The SMILES string of the molecule is CC(C)c1cc(-c2ccccc2)ncc1[Si](C)(C)C.CCc1ccnc(-c2ccccc2)c1.Fc1ccc(-c2ccc3c(c2)oc2c(-c4ccccn4)cccc23)cc1.[Ir]. The first-order chi connectivity index (χ1) is 28.6. The van der Waals surface area contributed by atoms with E-state index >= 15 is 0 Å². The van der Waals surface area contributed by atoms with E-state index < -0.39 is 8.07 Å². The molecule has 1 radical (unpaired) electrons. The summed E-state index contributed by atoms with van der Waals surface area (Å²) >= 11 is 0. The van der Waals surface area contributed by atoms with E-state index in [1.165, 1.54) is 39.6 Å². The molecule has 0 N–H and O–H groups in total. The summed E-state index contributed by atoms with van der Waals surface area (Å²) in [6, 6.07) is 51.7. The predicted octanol–water partition coefficient (Wildman–Crippen LogP) is 14.2. The van der Waals surface area contributed by atoms with E-state index in [-0.39, 0.29) is 25.9 Å². The van der Waals surface area contributed by atoms with Crippen LogP contribution in [0.3, 0.4) is 0 Å². The van der Waals surface area contributed by atoms with Gasteiger partial charge < -0.3 is 4.42 Å². The van der Waals surface area contributed by atoms with Crippen molar-refractivity contribution < 1.29 is 28.9 Å². The molecule has 9 rings (SSSR count). The van der Waals surface area contributed by atoms with Crippen LogP contribution in [0.2, 0.25) is 19.6 Å². The fraction of sp³-hybridized carbons (Fsp3) is 0.151. The molecule has 0 fully saturated rings. The molecule has 0 atom stereocenters. The first-order valence-corrected chi connectivity index (χ1v) is 23.8. The number of hydrogen-bond donors (Lipinski definition) is 0. The number of nitrogens with zero attached hydrogens (tertiary/aromatic N) is 3. The number of furan rings is 1. The summed E-state index contributed by atoms with van der Waals surface area (Å²) in [5.41, 5.74) is 12.8. The van der Waals surface area contributed by atoms with Crippen molar-refractivity contribution in [2.75, 3.05) is 0 Å². The van der Waals surface area contributed by atoms with Gasteiger partial charge in [-0.1, -0.05) is 137 Å². The van der Waals surface area contributed by atoms with Crippen molar-refractivity contribution in [2.45, 2.75) is 52.8 Å². The van der Waals surface area contributed by atoms with E-state index in [0.29, 0.717) is 5.92 Å². The maximum atomic E-state index is 13.2. The van der Waals surface area contributed by atoms with Crippen LogP contribution in [0.4, 0.5) is 4.39 Å². The molecule has 0 saturated carbocycles. The molecule has 4 nitrogen and oxygen atoms in total. The number of rotatable bonds is 7. The molecule has 303 valence electrons. The molecule has 4 aromatic heterocycles. The second-order valence-electron chi connectivity index (χ2n) is 15.9. The summed E-state index contributed by atoms with van der Waals surface area (Å²) < 4.78 is 19.4. The number of aryl methyl sites for hydroxylation is 1. The van der Waals surface area contributed by atoms with Gasteiger partial charge in [-0.2, -0.15) is 0 Å². The Morgan fingerprint density at radius 2 is 1.20 bits per heavy atom. The van der Waals surface area contributed by atoms with Gasteiger partial charge in [0.05, 0.1) is 25.2 Å². The van der Waals surface area contributed by atoms with E-state index in [9.17, 15) is 4.39 Å². The fourth-order valence-electron chi connectivity index (χ4n) is 7.15. The quantitative estimate of drug-likeness (QED) is 0.149. The van der Waals surface area contributed by atoms with Crippen molar-refractivity contribution in [3.8, 4) is 44.9 Å². The minimum atomic E-state index is -1.33. The Kier molecular flexibility index (Phi) is 14.5. The second kappa shape index (κ2) is 19.9.